The van der Waals surface area contributed by atoms with E-state index in [4.69, 9.17) is 0 Å². The molecule has 3 aromatic rings. The highest BCUT2D eigenvalue weighted by atomic mass is 19.1. The molecule has 0 aliphatic carbocycles. The highest BCUT2D eigenvalue weighted by molar-refractivity contribution is 5.74. The number of halogens is 2. The molecule has 0 saturated heterocycles. The van der Waals surface area contributed by atoms with Crippen molar-refractivity contribution in [1.82, 2.24) is 9.55 Å². The summed E-state index contributed by atoms with van der Waals surface area (Å²) in [6, 6.07) is 9.91. The van der Waals surface area contributed by atoms with Crippen LogP contribution < -0.4 is 0 Å². The minimum Gasteiger partial charge on any atom is -0.386 e. The molecule has 0 spiro atoms. The zero-order valence-electron chi connectivity index (χ0n) is 11.4. The van der Waals surface area contributed by atoms with Gasteiger partial charge in [-0.25, -0.2) is 13.8 Å². The molecule has 5 heteroatoms. The van der Waals surface area contributed by atoms with Crippen molar-refractivity contribution in [3.8, 4) is 0 Å². The summed E-state index contributed by atoms with van der Waals surface area (Å²) >= 11 is 0. The molecule has 0 fully saturated rings. The maximum Gasteiger partial charge on any atom is 0.134 e. The molecule has 1 aromatic heterocycles. The molecular formula is C16H14F2N2O. The second kappa shape index (κ2) is 5.26. The van der Waals surface area contributed by atoms with E-state index in [1.165, 1.54) is 19.1 Å². The molecule has 0 aliphatic rings. The lowest BCUT2D eigenvalue weighted by molar-refractivity contribution is 0.148. The Morgan fingerprint density at radius 2 is 1.95 bits per heavy atom. The molecule has 1 N–H and O–H groups in total. The Morgan fingerprint density at radius 1 is 1.19 bits per heavy atom. The minimum absolute atomic E-state index is 0.0395. The molecular weight excluding hydrogens is 274 g/mol. The van der Waals surface area contributed by atoms with Crippen LogP contribution in [0.5, 0.6) is 0 Å². The highest BCUT2D eigenvalue weighted by Gasteiger charge is 2.20. The van der Waals surface area contributed by atoms with Crippen molar-refractivity contribution in [3.63, 3.8) is 0 Å². The van der Waals surface area contributed by atoms with Gasteiger partial charge in [-0.2, -0.15) is 0 Å². The Bertz CT molecular complexity index is 798. The third-order valence-corrected chi connectivity index (χ3v) is 3.55. The normalized spacial score (nSPS) is 12.8. The number of fused-ring (bicyclic) bond motifs is 1. The van der Waals surface area contributed by atoms with Gasteiger partial charge >= 0.3 is 0 Å². The van der Waals surface area contributed by atoms with Crippen molar-refractivity contribution in [2.45, 2.75) is 19.6 Å². The van der Waals surface area contributed by atoms with Gasteiger partial charge < -0.3 is 9.67 Å². The van der Waals surface area contributed by atoms with Gasteiger partial charge in [-0.1, -0.05) is 18.2 Å². The van der Waals surface area contributed by atoms with Gasteiger partial charge in [0.1, 0.15) is 17.7 Å². The van der Waals surface area contributed by atoms with Crippen LogP contribution in [0, 0.1) is 18.6 Å². The van der Waals surface area contributed by atoms with Gasteiger partial charge in [-0.05, 0) is 30.7 Å². The smallest absolute Gasteiger partial charge is 0.134 e. The first-order valence-electron chi connectivity index (χ1n) is 6.60. The van der Waals surface area contributed by atoms with Gasteiger partial charge in [0.15, 0.2) is 0 Å². The van der Waals surface area contributed by atoms with Crippen LogP contribution in [0.2, 0.25) is 0 Å². The summed E-state index contributed by atoms with van der Waals surface area (Å²) in [6.45, 7) is 1.58. The first kappa shape index (κ1) is 13.7. The monoisotopic (exact) mass is 288 g/mol. The van der Waals surface area contributed by atoms with Crippen LogP contribution in [0.15, 0.2) is 42.7 Å². The van der Waals surface area contributed by atoms with Crippen LogP contribution in [-0.2, 0) is 6.54 Å². The van der Waals surface area contributed by atoms with E-state index in [1.807, 2.05) is 24.3 Å². The Hall–Kier alpha value is -2.27. The third-order valence-electron chi connectivity index (χ3n) is 3.55. The van der Waals surface area contributed by atoms with Crippen molar-refractivity contribution >= 4 is 11.0 Å². The lowest BCUT2D eigenvalue weighted by Gasteiger charge is -2.15. The Morgan fingerprint density at radius 3 is 2.76 bits per heavy atom. The van der Waals surface area contributed by atoms with E-state index in [0.29, 0.717) is 5.56 Å². The van der Waals surface area contributed by atoms with Gasteiger partial charge in [-0.3, -0.25) is 0 Å². The molecule has 1 unspecified atom stereocenters. The lowest BCUT2D eigenvalue weighted by atomic mass is 10.0. The summed E-state index contributed by atoms with van der Waals surface area (Å²) in [5, 5.41) is 10.2. The SMILES string of the molecule is Cc1ccc(F)c(C(O)Cn2cnc3ccccc32)c1F. The lowest BCUT2D eigenvalue weighted by Crippen LogP contribution is -2.12. The largest absolute Gasteiger partial charge is 0.386 e. The van der Waals surface area contributed by atoms with Crippen molar-refractivity contribution in [1.29, 1.82) is 0 Å². The molecule has 3 rings (SSSR count). The van der Waals surface area contributed by atoms with E-state index >= 15 is 0 Å². The van der Waals surface area contributed by atoms with Gasteiger partial charge in [0, 0.05) is 0 Å². The maximum absolute atomic E-state index is 14.0. The zero-order chi connectivity index (χ0) is 15.0. The van der Waals surface area contributed by atoms with Crippen molar-refractivity contribution in [3.05, 3.63) is 65.5 Å². The van der Waals surface area contributed by atoms with Gasteiger partial charge in [0.25, 0.3) is 0 Å². The third kappa shape index (κ3) is 2.40. The van der Waals surface area contributed by atoms with Crippen LogP contribution >= 0.6 is 0 Å². The fourth-order valence-corrected chi connectivity index (χ4v) is 2.42. The molecule has 0 aliphatic heterocycles. The minimum atomic E-state index is -1.28. The molecule has 3 nitrogen and oxygen atoms in total. The van der Waals surface area contributed by atoms with Gasteiger partial charge in [0.2, 0.25) is 0 Å². The van der Waals surface area contributed by atoms with Crippen molar-refractivity contribution in [2.24, 2.45) is 0 Å². The van der Waals surface area contributed by atoms with Crippen molar-refractivity contribution < 1.29 is 13.9 Å². The van der Waals surface area contributed by atoms with E-state index in [9.17, 15) is 13.9 Å². The predicted molar refractivity (Wildman–Crippen MR) is 75.8 cm³/mol. The Kier molecular flexibility index (Phi) is 3.43. The number of hydrogen-bond acceptors (Lipinski definition) is 2. The number of hydrogen-bond donors (Lipinski definition) is 1. The van der Waals surface area contributed by atoms with Gasteiger partial charge in [-0.15, -0.1) is 0 Å². The second-order valence-corrected chi connectivity index (χ2v) is 4.99. The summed E-state index contributed by atoms with van der Waals surface area (Å²) in [4.78, 5) is 4.19. The molecule has 0 radical (unpaired) electrons. The molecule has 2 aromatic carbocycles. The first-order chi connectivity index (χ1) is 10.1. The molecule has 1 atom stereocenters. The molecule has 108 valence electrons. The van der Waals surface area contributed by atoms with E-state index in [-0.39, 0.29) is 12.1 Å². The molecule has 21 heavy (non-hydrogen) atoms. The van der Waals surface area contributed by atoms with E-state index in [2.05, 4.69) is 4.98 Å². The topological polar surface area (TPSA) is 38.0 Å². The Labute approximate surface area is 120 Å². The average molecular weight is 288 g/mol. The van der Waals surface area contributed by atoms with E-state index in [1.54, 1.807) is 10.9 Å². The quantitative estimate of drug-likeness (QED) is 0.802. The summed E-state index contributed by atoms with van der Waals surface area (Å²) in [5.41, 5.74) is 1.59. The summed E-state index contributed by atoms with van der Waals surface area (Å²) in [6.07, 6.45) is 0.280. The zero-order valence-corrected chi connectivity index (χ0v) is 11.4. The number of rotatable bonds is 3. The number of benzene rings is 2. The molecule has 0 amide bonds. The number of aliphatic hydroxyl groups is 1. The first-order valence-corrected chi connectivity index (χ1v) is 6.60. The van der Waals surface area contributed by atoms with E-state index < -0.39 is 17.7 Å². The number of para-hydroxylation sites is 2. The van der Waals surface area contributed by atoms with Crippen molar-refractivity contribution in [2.75, 3.05) is 0 Å². The van der Waals surface area contributed by atoms with E-state index in [0.717, 1.165) is 11.0 Å². The second-order valence-electron chi connectivity index (χ2n) is 4.99. The fraction of sp³-hybridized carbons (Fsp3) is 0.188. The standard InChI is InChI=1S/C16H14F2N2O/c1-10-6-7-11(17)15(16(10)18)14(21)8-20-9-19-12-4-2-3-5-13(12)20/h2-7,9,14,21H,8H2,1H3. The number of nitrogens with zero attached hydrogens (tertiary/aromatic N) is 2. The van der Waals surface area contributed by atoms with Crippen LogP contribution in [0.1, 0.15) is 17.2 Å². The van der Waals surface area contributed by atoms with Gasteiger partial charge in [0.05, 0.1) is 29.5 Å². The maximum atomic E-state index is 14.0. The number of aliphatic hydroxyl groups excluding tert-OH is 1. The van der Waals surface area contributed by atoms with Crippen LogP contribution in [0.4, 0.5) is 8.78 Å². The highest BCUT2D eigenvalue weighted by Crippen LogP contribution is 2.25. The summed E-state index contributed by atoms with van der Waals surface area (Å²) < 4.78 is 29.5. The summed E-state index contributed by atoms with van der Waals surface area (Å²) in [7, 11) is 0. The Balaban J connectivity index is 1.97. The molecule has 0 saturated carbocycles. The predicted octanol–water partition coefficient (Wildman–Crippen LogP) is 3.36. The average Bonchev–Trinajstić information content (AvgIpc) is 2.87. The van der Waals surface area contributed by atoms with Crippen LogP contribution in [-0.4, -0.2) is 14.7 Å². The van der Waals surface area contributed by atoms with Crippen LogP contribution in [0.25, 0.3) is 11.0 Å². The number of aryl methyl sites for hydroxylation is 1. The van der Waals surface area contributed by atoms with Crippen LogP contribution in [0.3, 0.4) is 0 Å². The summed E-state index contributed by atoms with van der Waals surface area (Å²) in [5.74, 6) is -1.44. The number of aromatic nitrogens is 2. The number of imidazole rings is 1. The molecule has 0 bridgehead atoms. The fourth-order valence-electron chi connectivity index (χ4n) is 2.42. The molecule has 1 heterocycles.